The summed E-state index contributed by atoms with van der Waals surface area (Å²) >= 11 is 0. The number of nitrogen functional groups attached to an aromatic ring is 1. The highest BCUT2D eigenvalue weighted by atomic mass is 19.1. The van der Waals surface area contributed by atoms with E-state index in [1.807, 2.05) is 18.2 Å². The Labute approximate surface area is 154 Å². The highest BCUT2D eigenvalue weighted by Gasteiger charge is 2.12. The second-order valence-corrected chi connectivity index (χ2v) is 6.63. The van der Waals surface area contributed by atoms with Crippen molar-refractivity contribution in [2.24, 2.45) is 7.05 Å². The van der Waals surface area contributed by atoms with Crippen LogP contribution in [0.4, 0.5) is 10.1 Å². The average molecular weight is 363 g/mol. The highest BCUT2D eigenvalue weighted by molar-refractivity contribution is 5.91. The molecule has 0 unspecified atom stereocenters. The van der Waals surface area contributed by atoms with Crippen molar-refractivity contribution in [1.82, 2.24) is 19.6 Å². The first-order chi connectivity index (χ1) is 12.9. The van der Waals surface area contributed by atoms with Crippen molar-refractivity contribution in [2.75, 3.05) is 5.73 Å². The summed E-state index contributed by atoms with van der Waals surface area (Å²) in [6, 6.07) is 11.9. The molecule has 136 valence electrons. The van der Waals surface area contributed by atoms with E-state index < -0.39 is 0 Å². The van der Waals surface area contributed by atoms with Crippen LogP contribution in [0.5, 0.6) is 0 Å². The predicted octanol–water partition coefficient (Wildman–Crippen LogP) is 2.88. The molecule has 2 heterocycles. The van der Waals surface area contributed by atoms with Gasteiger partial charge in [0.25, 0.3) is 5.56 Å². The first-order valence-electron chi connectivity index (χ1n) is 8.47. The van der Waals surface area contributed by atoms with E-state index in [9.17, 15) is 9.18 Å². The van der Waals surface area contributed by atoms with Crippen LogP contribution in [0.1, 0.15) is 11.1 Å². The maximum atomic E-state index is 13.1. The molecule has 0 saturated heterocycles. The molecular formula is C20H18FN5O. The minimum absolute atomic E-state index is 0.0316. The predicted molar refractivity (Wildman–Crippen MR) is 103 cm³/mol. The third-order valence-corrected chi connectivity index (χ3v) is 4.59. The van der Waals surface area contributed by atoms with Crippen LogP contribution in [0, 0.1) is 12.7 Å². The van der Waals surface area contributed by atoms with Crippen LogP contribution in [-0.4, -0.2) is 19.6 Å². The Morgan fingerprint density at radius 2 is 1.85 bits per heavy atom. The molecule has 2 aromatic heterocycles. The Hall–Kier alpha value is -3.48. The number of nitrogens with zero attached hydrogens (tertiary/aromatic N) is 4. The molecule has 4 aromatic rings. The summed E-state index contributed by atoms with van der Waals surface area (Å²) in [7, 11) is 1.72. The third-order valence-electron chi connectivity index (χ3n) is 4.59. The minimum atomic E-state index is -0.279. The zero-order chi connectivity index (χ0) is 19.1. The van der Waals surface area contributed by atoms with Crippen molar-refractivity contribution >= 4 is 16.7 Å². The van der Waals surface area contributed by atoms with Gasteiger partial charge in [0.1, 0.15) is 11.3 Å². The maximum Gasteiger partial charge on any atom is 0.253 e. The van der Waals surface area contributed by atoms with Gasteiger partial charge in [-0.25, -0.2) is 9.07 Å². The zero-order valence-corrected chi connectivity index (χ0v) is 15.0. The first kappa shape index (κ1) is 17.0. The van der Waals surface area contributed by atoms with E-state index >= 15 is 0 Å². The maximum absolute atomic E-state index is 13.1. The number of rotatable bonds is 3. The van der Waals surface area contributed by atoms with Crippen LogP contribution >= 0.6 is 0 Å². The molecule has 0 aliphatic rings. The van der Waals surface area contributed by atoms with Gasteiger partial charge in [0.2, 0.25) is 0 Å². The Morgan fingerprint density at radius 3 is 2.56 bits per heavy atom. The standard InChI is InChI=1S/C20H18FN5O/c1-12-7-15(11-25(2)20(12)27)14-8-17(22)19-18(9-14)26(24-23-19)10-13-3-5-16(21)6-4-13/h3-9,11H,10,22H2,1-2H3. The molecule has 0 saturated carbocycles. The molecule has 0 radical (unpaired) electrons. The summed E-state index contributed by atoms with van der Waals surface area (Å²) in [6.45, 7) is 2.24. The van der Waals surface area contributed by atoms with Crippen molar-refractivity contribution < 1.29 is 4.39 Å². The van der Waals surface area contributed by atoms with Crippen molar-refractivity contribution in [3.05, 3.63) is 76.0 Å². The monoisotopic (exact) mass is 363 g/mol. The SMILES string of the molecule is Cc1cc(-c2cc(N)c3nnn(Cc4ccc(F)cc4)c3c2)cn(C)c1=O. The number of aromatic nitrogens is 4. The van der Waals surface area contributed by atoms with Crippen LogP contribution in [0.15, 0.2) is 53.5 Å². The molecule has 2 aromatic carbocycles. The van der Waals surface area contributed by atoms with E-state index in [2.05, 4.69) is 10.3 Å². The summed E-state index contributed by atoms with van der Waals surface area (Å²) in [5, 5.41) is 8.37. The lowest BCUT2D eigenvalue weighted by molar-refractivity contribution is 0.624. The van der Waals surface area contributed by atoms with E-state index in [-0.39, 0.29) is 11.4 Å². The molecular weight excluding hydrogens is 345 g/mol. The van der Waals surface area contributed by atoms with Gasteiger partial charge < -0.3 is 10.3 Å². The summed E-state index contributed by atoms with van der Waals surface area (Å²) in [5.74, 6) is -0.279. The third kappa shape index (κ3) is 3.08. The summed E-state index contributed by atoms with van der Waals surface area (Å²) < 4.78 is 16.4. The van der Waals surface area contributed by atoms with E-state index in [1.54, 1.807) is 41.5 Å². The van der Waals surface area contributed by atoms with Gasteiger partial charge in [-0.1, -0.05) is 17.3 Å². The van der Waals surface area contributed by atoms with E-state index in [1.165, 1.54) is 12.1 Å². The Bertz CT molecular complexity index is 1180. The van der Waals surface area contributed by atoms with Gasteiger partial charge in [-0.3, -0.25) is 4.79 Å². The van der Waals surface area contributed by atoms with Crippen molar-refractivity contribution in [3.63, 3.8) is 0 Å². The molecule has 0 atom stereocenters. The van der Waals surface area contributed by atoms with Gasteiger partial charge in [0, 0.05) is 18.8 Å². The van der Waals surface area contributed by atoms with Crippen LogP contribution in [-0.2, 0) is 13.6 Å². The number of hydrogen-bond acceptors (Lipinski definition) is 4. The van der Waals surface area contributed by atoms with Gasteiger partial charge in [-0.2, -0.15) is 0 Å². The fraction of sp³-hybridized carbons (Fsp3) is 0.150. The first-order valence-corrected chi connectivity index (χ1v) is 8.47. The number of halogens is 1. The highest BCUT2D eigenvalue weighted by Crippen LogP contribution is 2.28. The number of fused-ring (bicyclic) bond motifs is 1. The number of hydrogen-bond donors (Lipinski definition) is 1. The average Bonchev–Trinajstić information content (AvgIpc) is 3.04. The van der Waals surface area contributed by atoms with Gasteiger partial charge in [0.15, 0.2) is 0 Å². The topological polar surface area (TPSA) is 78.7 Å². The van der Waals surface area contributed by atoms with Crippen LogP contribution in [0.3, 0.4) is 0 Å². The number of anilines is 1. The number of nitrogens with two attached hydrogens (primary N) is 1. The summed E-state index contributed by atoms with van der Waals surface area (Å²) in [6.07, 6.45) is 1.78. The van der Waals surface area contributed by atoms with Gasteiger partial charge in [-0.05, 0) is 53.9 Å². The number of benzene rings is 2. The fourth-order valence-corrected chi connectivity index (χ4v) is 3.18. The van der Waals surface area contributed by atoms with Crippen LogP contribution < -0.4 is 11.3 Å². The van der Waals surface area contributed by atoms with Crippen molar-refractivity contribution in [2.45, 2.75) is 13.5 Å². The Balaban J connectivity index is 1.82. The lowest BCUT2D eigenvalue weighted by Crippen LogP contribution is -2.18. The van der Waals surface area contributed by atoms with Crippen molar-refractivity contribution in [3.8, 4) is 11.1 Å². The second-order valence-electron chi connectivity index (χ2n) is 6.63. The van der Waals surface area contributed by atoms with Gasteiger partial charge in [-0.15, -0.1) is 5.10 Å². The van der Waals surface area contributed by atoms with E-state index in [4.69, 9.17) is 5.73 Å². The van der Waals surface area contributed by atoms with Crippen LogP contribution in [0.2, 0.25) is 0 Å². The van der Waals surface area contributed by atoms with Crippen molar-refractivity contribution in [1.29, 1.82) is 0 Å². The molecule has 7 heteroatoms. The fourth-order valence-electron chi connectivity index (χ4n) is 3.18. The minimum Gasteiger partial charge on any atom is -0.397 e. The van der Waals surface area contributed by atoms with Gasteiger partial charge >= 0.3 is 0 Å². The number of pyridine rings is 1. The number of aryl methyl sites for hydroxylation is 2. The van der Waals surface area contributed by atoms with Gasteiger partial charge in [0.05, 0.1) is 17.7 Å². The molecule has 2 N–H and O–H groups in total. The van der Waals surface area contributed by atoms with E-state index in [0.717, 1.165) is 22.2 Å². The van der Waals surface area contributed by atoms with E-state index in [0.29, 0.717) is 23.3 Å². The molecule has 0 aliphatic carbocycles. The molecule has 6 nitrogen and oxygen atoms in total. The quantitative estimate of drug-likeness (QED) is 0.568. The Morgan fingerprint density at radius 1 is 1.11 bits per heavy atom. The summed E-state index contributed by atoms with van der Waals surface area (Å²) in [5.41, 5.74) is 11.4. The second kappa shape index (κ2) is 6.35. The van der Waals surface area contributed by atoms with Crippen LogP contribution in [0.25, 0.3) is 22.2 Å². The normalized spacial score (nSPS) is 11.2. The molecule has 0 fully saturated rings. The summed E-state index contributed by atoms with van der Waals surface area (Å²) in [4.78, 5) is 12.0. The molecule has 0 bridgehead atoms. The molecule has 0 spiro atoms. The molecule has 0 aliphatic heterocycles. The lowest BCUT2D eigenvalue weighted by Gasteiger charge is -2.09. The Kier molecular flexibility index (Phi) is 3.99. The molecule has 27 heavy (non-hydrogen) atoms. The molecule has 0 amide bonds. The lowest BCUT2D eigenvalue weighted by atomic mass is 10.0. The largest absolute Gasteiger partial charge is 0.397 e. The zero-order valence-electron chi connectivity index (χ0n) is 15.0. The molecule has 4 rings (SSSR count). The smallest absolute Gasteiger partial charge is 0.253 e.